The van der Waals surface area contributed by atoms with Crippen LogP contribution in [0.15, 0.2) is 28.7 Å². The average molecular weight is 480 g/mol. The van der Waals surface area contributed by atoms with Crippen LogP contribution in [0.5, 0.6) is 0 Å². The summed E-state index contributed by atoms with van der Waals surface area (Å²) in [5.74, 6) is -0.413. The maximum absolute atomic E-state index is 13.7. The van der Waals surface area contributed by atoms with Gasteiger partial charge in [-0.3, -0.25) is 4.79 Å². The average Bonchev–Trinajstić information content (AvgIpc) is 2.95. The maximum Gasteiger partial charge on any atom is 0.410 e. The number of hydrogen-bond donors (Lipinski definition) is 2. The van der Waals surface area contributed by atoms with Gasteiger partial charge in [-0.25, -0.2) is 4.68 Å². The Bertz CT molecular complexity index is 867. The minimum atomic E-state index is -4.54. The van der Waals surface area contributed by atoms with E-state index >= 15 is 0 Å². The third-order valence-corrected chi connectivity index (χ3v) is 5.34. The number of benzene rings is 1. The molecule has 3 rings (SSSR count). The summed E-state index contributed by atoms with van der Waals surface area (Å²) in [6.45, 7) is 4.18. The predicted molar refractivity (Wildman–Crippen MR) is 105 cm³/mol. The number of carbonyl (C=O) groups is 1. The molecule has 10 heteroatoms. The second kappa shape index (κ2) is 7.94. The fourth-order valence-corrected chi connectivity index (χ4v) is 3.56. The van der Waals surface area contributed by atoms with Gasteiger partial charge in [0.05, 0.1) is 6.04 Å². The van der Waals surface area contributed by atoms with Gasteiger partial charge in [0, 0.05) is 17.4 Å². The van der Waals surface area contributed by atoms with Crippen molar-refractivity contribution in [1.29, 1.82) is 0 Å². The van der Waals surface area contributed by atoms with E-state index in [0.29, 0.717) is 12.1 Å². The number of halogens is 5. The highest BCUT2D eigenvalue weighted by molar-refractivity contribution is 9.10. The lowest BCUT2D eigenvalue weighted by Crippen LogP contribution is -2.36. The Balaban J connectivity index is 1.98. The van der Waals surface area contributed by atoms with Crippen molar-refractivity contribution in [1.82, 2.24) is 15.1 Å². The Kier molecular flexibility index (Phi) is 5.95. The van der Waals surface area contributed by atoms with Crippen molar-refractivity contribution in [2.24, 2.45) is 5.92 Å². The number of nitrogens with one attached hydrogen (secondary N) is 2. The first-order valence-electron chi connectivity index (χ1n) is 8.72. The first-order chi connectivity index (χ1) is 13.1. The van der Waals surface area contributed by atoms with E-state index < -0.39 is 24.2 Å². The van der Waals surface area contributed by atoms with E-state index in [9.17, 15) is 18.0 Å². The van der Waals surface area contributed by atoms with Crippen LogP contribution < -0.4 is 10.6 Å². The van der Waals surface area contributed by atoms with Crippen molar-refractivity contribution in [2.75, 3.05) is 11.9 Å². The fraction of sp³-hybridized carbons (Fsp3) is 0.444. The molecule has 0 radical (unpaired) electrons. The number of alkyl halides is 3. The van der Waals surface area contributed by atoms with Gasteiger partial charge < -0.3 is 10.6 Å². The number of fused-ring (bicyclic) bond motifs is 1. The van der Waals surface area contributed by atoms with Gasteiger partial charge in [-0.1, -0.05) is 53.5 Å². The highest BCUT2D eigenvalue weighted by Crippen LogP contribution is 2.46. The van der Waals surface area contributed by atoms with Crippen molar-refractivity contribution in [3.63, 3.8) is 0 Å². The Labute approximate surface area is 173 Å². The molecule has 2 atom stereocenters. The van der Waals surface area contributed by atoms with E-state index in [4.69, 9.17) is 11.6 Å². The summed E-state index contributed by atoms with van der Waals surface area (Å²) in [4.78, 5) is 12.3. The van der Waals surface area contributed by atoms with Gasteiger partial charge in [0.15, 0.2) is 11.7 Å². The van der Waals surface area contributed by atoms with E-state index in [0.717, 1.165) is 9.15 Å². The molecule has 2 aromatic rings. The van der Waals surface area contributed by atoms with Crippen LogP contribution in [0.2, 0.25) is 5.02 Å². The molecule has 0 spiro atoms. The molecule has 2 N–H and O–H groups in total. The number of amides is 1. The lowest BCUT2D eigenvalue weighted by atomic mass is 9.97. The molecular weight excluding hydrogens is 461 g/mol. The molecule has 2 heterocycles. The van der Waals surface area contributed by atoms with Crippen LogP contribution in [0.1, 0.15) is 48.4 Å². The molecule has 0 unspecified atom stereocenters. The molecular formula is C18H19BrClF3N4O. The number of nitrogens with zero attached hydrogens (tertiary/aromatic N) is 2. The Morgan fingerprint density at radius 3 is 2.61 bits per heavy atom. The number of rotatable bonds is 4. The Hall–Kier alpha value is -1.74. The predicted octanol–water partition coefficient (Wildman–Crippen LogP) is 5.35. The van der Waals surface area contributed by atoms with Crippen LogP contribution >= 0.6 is 27.5 Å². The van der Waals surface area contributed by atoms with E-state index in [1.807, 2.05) is 13.8 Å². The van der Waals surface area contributed by atoms with Gasteiger partial charge >= 0.3 is 6.18 Å². The molecule has 1 aliphatic heterocycles. The zero-order valence-corrected chi connectivity index (χ0v) is 17.5. The first kappa shape index (κ1) is 21.0. The monoisotopic (exact) mass is 478 g/mol. The van der Waals surface area contributed by atoms with E-state index in [2.05, 4.69) is 31.7 Å². The van der Waals surface area contributed by atoms with Crippen molar-refractivity contribution >= 4 is 39.3 Å². The Morgan fingerprint density at radius 2 is 2.04 bits per heavy atom. The molecule has 0 aliphatic carbocycles. The van der Waals surface area contributed by atoms with Crippen molar-refractivity contribution < 1.29 is 18.0 Å². The Morgan fingerprint density at radius 1 is 1.39 bits per heavy atom. The second-order valence-corrected chi connectivity index (χ2v) is 8.39. The minimum absolute atomic E-state index is 0.00198. The summed E-state index contributed by atoms with van der Waals surface area (Å²) in [6.07, 6.45) is -4.80. The van der Waals surface area contributed by atoms with Crippen LogP contribution in [0.4, 0.5) is 19.0 Å². The number of aromatic nitrogens is 2. The van der Waals surface area contributed by atoms with E-state index in [1.165, 1.54) is 0 Å². The van der Waals surface area contributed by atoms with Crippen LogP contribution in [0, 0.1) is 5.92 Å². The van der Waals surface area contributed by atoms with Crippen LogP contribution in [-0.4, -0.2) is 28.4 Å². The smallest absolute Gasteiger partial charge is 0.362 e. The van der Waals surface area contributed by atoms with E-state index in [1.54, 1.807) is 24.3 Å². The van der Waals surface area contributed by atoms with Gasteiger partial charge in [0.25, 0.3) is 5.91 Å². The van der Waals surface area contributed by atoms with Crippen molar-refractivity contribution in [3.8, 4) is 0 Å². The van der Waals surface area contributed by atoms with Gasteiger partial charge in [-0.2, -0.15) is 18.3 Å². The third-order valence-electron chi connectivity index (χ3n) is 4.45. The fourth-order valence-electron chi connectivity index (χ4n) is 3.03. The molecule has 1 aromatic carbocycles. The largest absolute Gasteiger partial charge is 0.410 e. The summed E-state index contributed by atoms with van der Waals surface area (Å²) >= 11 is 9.58. The lowest BCUT2D eigenvalue weighted by molar-refractivity contribution is -0.173. The zero-order chi connectivity index (χ0) is 20.6. The van der Waals surface area contributed by atoms with Gasteiger partial charge in [0.1, 0.15) is 10.8 Å². The van der Waals surface area contributed by atoms with Gasteiger partial charge in [-0.15, -0.1) is 0 Å². The van der Waals surface area contributed by atoms with Crippen LogP contribution in [-0.2, 0) is 0 Å². The van der Waals surface area contributed by atoms with Crippen LogP contribution in [0.25, 0.3) is 0 Å². The molecule has 0 fully saturated rings. The maximum atomic E-state index is 13.7. The summed E-state index contributed by atoms with van der Waals surface area (Å²) in [7, 11) is 0. The number of hydrogen-bond acceptors (Lipinski definition) is 3. The van der Waals surface area contributed by atoms with Crippen LogP contribution in [0.3, 0.4) is 0 Å². The molecule has 0 saturated heterocycles. The topological polar surface area (TPSA) is 59.0 Å². The molecule has 0 bridgehead atoms. The molecule has 152 valence electrons. The summed E-state index contributed by atoms with van der Waals surface area (Å²) < 4.78 is 42.8. The van der Waals surface area contributed by atoms with Gasteiger partial charge in [-0.05, 0) is 23.6 Å². The summed E-state index contributed by atoms with van der Waals surface area (Å²) in [5.41, 5.74) is 0.474. The van der Waals surface area contributed by atoms with Crippen molar-refractivity contribution in [2.45, 2.75) is 38.5 Å². The van der Waals surface area contributed by atoms with Crippen molar-refractivity contribution in [3.05, 3.63) is 45.0 Å². The summed E-state index contributed by atoms with van der Waals surface area (Å²) in [5, 5.41) is 9.44. The standard InChI is InChI=1S/C18H19BrClF3N4O/c1-9(2)8-24-17(28)15-14(20)16-25-12(10-3-5-11(19)6-4-10)7-13(18(21,22)23)27(16)26-15/h3-6,9,12-13,25H,7-8H2,1-2H3,(H,24,28)/t12-,13+/m0/s1. The second-order valence-electron chi connectivity index (χ2n) is 7.10. The molecule has 28 heavy (non-hydrogen) atoms. The molecule has 1 aliphatic rings. The molecule has 1 aromatic heterocycles. The number of anilines is 1. The highest BCUT2D eigenvalue weighted by Gasteiger charge is 2.47. The number of carbonyl (C=O) groups excluding carboxylic acids is 1. The highest BCUT2D eigenvalue weighted by atomic mass is 79.9. The minimum Gasteiger partial charge on any atom is -0.362 e. The molecule has 1 amide bonds. The van der Waals surface area contributed by atoms with E-state index in [-0.39, 0.29) is 28.9 Å². The SMILES string of the molecule is CC(C)CNC(=O)c1nn2c(c1Cl)N[C@H](c1ccc(Br)cc1)C[C@@H]2C(F)(F)F. The molecule has 5 nitrogen and oxygen atoms in total. The normalized spacial score (nSPS) is 19.3. The summed E-state index contributed by atoms with van der Waals surface area (Å²) in [6, 6.07) is 4.50. The zero-order valence-electron chi connectivity index (χ0n) is 15.1. The molecule has 0 saturated carbocycles. The first-order valence-corrected chi connectivity index (χ1v) is 9.90. The third kappa shape index (κ3) is 4.30. The van der Waals surface area contributed by atoms with Gasteiger partial charge in [0.2, 0.25) is 0 Å². The lowest BCUT2D eigenvalue weighted by Gasteiger charge is -2.33. The quantitative estimate of drug-likeness (QED) is 0.622.